The first kappa shape index (κ1) is 11.4. The molecular formula is C16H18N2. The second-order valence-corrected chi connectivity index (χ2v) is 5.36. The average molecular weight is 238 g/mol. The van der Waals surface area contributed by atoms with Crippen molar-refractivity contribution in [2.45, 2.75) is 26.7 Å². The summed E-state index contributed by atoms with van der Waals surface area (Å²) in [6.07, 6.45) is 8.40. The van der Waals surface area contributed by atoms with E-state index in [0.29, 0.717) is 17.8 Å². The Kier molecular flexibility index (Phi) is 2.66. The smallest absolute Gasteiger partial charge is 0.0957 e. The molecule has 0 saturated carbocycles. The summed E-state index contributed by atoms with van der Waals surface area (Å²) < 4.78 is 0. The van der Waals surface area contributed by atoms with Crippen LogP contribution in [0.2, 0.25) is 0 Å². The lowest BCUT2D eigenvalue weighted by atomic mass is 9.85. The molecule has 1 aromatic rings. The van der Waals surface area contributed by atoms with E-state index in [1.165, 1.54) is 11.1 Å². The summed E-state index contributed by atoms with van der Waals surface area (Å²) in [5.74, 6) is 1.40. The van der Waals surface area contributed by atoms with Crippen LogP contribution in [0.25, 0.3) is 6.08 Å². The monoisotopic (exact) mass is 238 g/mol. The van der Waals surface area contributed by atoms with Crippen molar-refractivity contribution in [3.05, 3.63) is 29.3 Å². The van der Waals surface area contributed by atoms with Crippen molar-refractivity contribution >= 4 is 29.9 Å². The van der Waals surface area contributed by atoms with Crippen LogP contribution in [0.1, 0.15) is 37.8 Å². The minimum Gasteiger partial charge on any atom is -0.258 e. The van der Waals surface area contributed by atoms with Gasteiger partial charge in [0.25, 0.3) is 0 Å². The normalized spacial score (nSPS) is 28.7. The van der Waals surface area contributed by atoms with E-state index in [9.17, 15) is 0 Å². The number of fused-ring (bicyclic) bond motifs is 3. The fourth-order valence-corrected chi connectivity index (χ4v) is 2.49. The second-order valence-electron chi connectivity index (χ2n) is 5.36. The Morgan fingerprint density at radius 3 is 2.56 bits per heavy atom. The summed E-state index contributed by atoms with van der Waals surface area (Å²) in [7, 11) is 0. The highest BCUT2D eigenvalue weighted by atomic mass is 14.8. The molecule has 3 rings (SSSR count). The number of allylic oxidation sites excluding steroid dienone is 1. The molecule has 0 radical (unpaired) electrons. The van der Waals surface area contributed by atoms with Gasteiger partial charge in [-0.2, -0.15) is 0 Å². The maximum Gasteiger partial charge on any atom is 0.0957 e. The quantitative estimate of drug-likeness (QED) is 0.635. The highest BCUT2D eigenvalue weighted by Gasteiger charge is 2.23. The minimum absolute atomic E-state index is 0.386. The van der Waals surface area contributed by atoms with Crippen LogP contribution >= 0.6 is 0 Å². The standard InChI is InChI=1S/C16H18N2/c1-10-4-5-13-6-7-14-12(3)11(2)9-18-16(14)15(13)17-8-10/h4-12H,1-3H3. The van der Waals surface area contributed by atoms with E-state index in [4.69, 9.17) is 0 Å². The van der Waals surface area contributed by atoms with E-state index in [1.54, 1.807) is 0 Å². The van der Waals surface area contributed by atoms with E-state index < -0.39 is 0 Å². The van der Waals surface area contributed by atoms with E-state index >= 15 is 0 Å². The van der Waals surface area contributed by atoms with Crippen molar-refractivity contribution in [3.63, 3.8) is 0 Å². The third kappa shape index (κ3) is 1.72. The molecule has 0 bridgehead atoms. The number of nitrogens with zero attached hydrogens (tertiary/aromatic N) is 2. The molecule has 0 N–H and O–H groups in total. The van der Waals surface area contributed by atoms with Crippen LogP contribution in [-0.4, -0.2) is 12.4 Å². The van der Waals surface area contributed by atoms with Gasteiger partial charge in [-0.25, -0.2) is 0 Å². The first-order chi connectivity index (χ1) is 8.66. The molecule has 3 atom stereocenters. The van der Waals surface area contributed by atoms with Gasteiger partial charge in [0.2, 0.25) is 0 Å². The molecule has 3 unspecified atom stereocenters. The fraction of sp³-hybridized carbons (Fsp3) is 0.375. The van der Waals surface area contributed by atoms with Gasteiger partial charge in [-0.05, 0) is 17.4 Å². The van der Waals surface area contributed by atoms with Gasteiger partial charge >= 0.3 is 0 Å². The zero-order valence-electron chi connectivity index (χ0n) is 11.1. The maximum absolute atomic E-state index is 4.64. The predicted molar refractivity (Wildman–Crippen MR) is 78.5 cm³/mol. The van der Waals surface area contributed by atoms with Crippen molar-refractivity contribution in [2.75, 3.05) is 0 Å². The van der Waals surface area contributed by atoms with E-state index in [2.05, 4.69) is 61.3 Å². The number of rotatable bonds is 0. The first-order valence-electron chi connectivity index (χ1n) is 6.60. The molecule has 0 saturated heterocycles. The summed E-state index contributed by atoms with van der Waals surface area (Å²) in [4.78, 5) is 9.27. The minimum atomic E-state index is 0.386. The zero-order chi connectivity index (χ0) is 12.7. The predicted octanol–water partition coefficient (Wildman–Crippen LogP) is 4.51. The number of hydrogen-bond acceptors (Lipinski definition) is 2. The average Bonchev–Trinajstić information content (AvgIpc) is 2.56. The Morgan fingerprint density at radius 1 is 0.944 bits per heavy atom. The molecule has 0 fully saturated rings. The van der Waals surface area contributed by atoms with E-state index in [0.717, 1.165) is 11.4 Å². The molecule has 18 heavy (non-hydrogen) atoms. The van der Waals surface area contributed by atoms with Gasteiger partial charge in [-0.3, -0.25) is 9.98 Å². The molecule has 2 aliphatic heterocycles. The Hall–Kier alpha value is -1.70. The van der Waals surface area contributed by atoms with Crippen LogP contribution in [0.5, 0.6) is 0 Å². The summed E-state index contributed by atoms with van der Waals surface area (Å²) in [5.41, 5.74) is 4.59. The highest BCUT2D eigenvalue weighted by Crippen LogP contribution is 2.44. The largest absolute Gasteiger partial charge is 0.258 e. The molecule has 1 aromatic carbocycles. The molecule has 0 spiro atoms. The van der Waals surface area contributed by atoms with Crippen molar-refractivity contribution < 1.29 is 0 Å². The number of hydrogen-bond donors (Lipinski definition) is 0. The number of benzene rings is 1. The van der Waals surface area contributed by atoms with Crippen molar-refractivity contribution in [2.24, 2.45) is 21.8 Å². The van der Waals surface area contributed by atoms with Gasteiger partial charge in [0.15, 0.2) is 0 Å². The van der Waals surface area contributed by atoms with E-state index in [-0.39, 0.29) is 0 Å². The Morgan fingerprint density at radius 2 is 1.72 bits per heavy atom. The van der Waals surface area contributed by atoms with E-state index in [1.807, 2.05) is 6.21 Å². The molecule has 2 heteroatoms. The molecule has 0 aliphatic carbocycles. The maximum atomic E-state index is 4.64. The van der Waals surface area contributed by atoms with Crippen LogP contribution in [0.3, 0.4) is 0 Å². The topological polar surface area (TPSA) is 24.7 Å². The van der Waals surface area contributed by atoms with Gasteiger partial charge in [0.1, 0.15) is 0 Å². The second kappa shape index (κ2) is 4.20. The van der Waals surface area contributed by atoms with Crippen molar-refractivity contribution in [1.29, 1.82) is 0 Å². The molecule has 0 aromatic heterocycles. The van der Waals surface area contributed by atoms with Gasteiger partial charge in [0.05, 0.1) is 11.4 Å². The lowest BCUT2D eigenvalue weighted by Crippen LogP contribution is -2.11. The zero-order valence-corrected chi connectivity index (χ0v) is 11.1. The van der Waals surface area contributed by atoms with Crippen LogP contribution in [-0.2, 0) is 0 Å². The summed E-state index contributed by atoms with van der Waals surface area (Å²) >= 11 is 0. The van der Waals surface area contributed by atoms with Gasteiger partial charge in [-0.15, -0.1) is 0 Å². The fourth-order valence-electron chi connectivity index (χ4n) is 2.49. The lowest BCUT2D eigenvalue weighted by Gasteiger charge is -2.24. The third-order valence-electron chi connectivity index (χ3n) is 3.95. The molecule has 2 nitrogen and oxygen atoms in total. The first-order valence-corrected chi connectivity index (χ1v) is 6.60. The number of aliphatic imine (C=N–C) groups is 2. The molecule has 2 heterocycles. The van der Waals surface area contributed by atoms with Crippen molar-refractivity contribution in [3.8, 4) is 0 Å². The highest BCUT2D eigenvalue weighted by molar-refractivity contribution is 5.88. The third-order valence-corrected chi connectivity index (χ3v) is 3.95. The van der Waals surface area contributed by atoms with Gasteiger partial charge in [0, 0.05) is 23.9 Å². The van der Waals surface area contributed by atoms with Gasteiger partial charge in [-0.1, -0.05) is 45.1 Å². The summed E-state index contributed by atoms with van der Waals surface area (Å²) in [6, 6.07) is 4.38. The molecule has 0 amide bonds. The summed E-state index contributed by atoms with van der Waals surface area (Å²) in [5, 5.41) is 0. The molecule has 92 valence electrons. The molecular weight excluding hydrogens is 220 g/mol. The van der Waals surface area contributed by atoms with Crippen molar-refractivity contribution in [1.82, 2.24) is 0 Å². The SMILES string of the molecule is CC1C=Cc2ccc3c(c2N=C1)N=CC(C)C3C. The van der Waals surface area contributed by atoms with Crippen LogP contribution in [0, 0.1) is 11.8 Å². The van der Waals surface area contributed by atoms with Crippen LogP contribution < -0.4 is 0 Å². The Labute approximate surface area is 108 Å². The molecule has 2 aliphatic rings. The lowest BCUT2D eigenvalue weighted by molar-refractivity contribution is 0.626. The van der Waals surface area contributed by atoms with Crippen LogP contribution in [0.15, 0.2) is 28.2 Å². The van der Waals surface area contributed by atoms with Gasteiger partial charge < -0.3 is 0 Å². The Balaban J connectivity index is 2.21. The summed E-state index contributed by atoms with van der Waals surface area (Å²) in [6.45, 7) is 6.63. The Bertz CT molecular complexity index is 567. The van der Waals surface area contributed by atoms with Crippen LogP contribution in [0.4, 0.5) is 11.4 Å².